The number of rotatable bonds is 6. The second kappa shape index (κ2) is 11.0. The number of alkyl halides is 1. The van der Waals surface area contributed by atoms with Gasteiger partial charge in [0.1, 0.15) is 55.0 Å². The zero-order valence-corrected chi connectivity index (χ0v) is 17.9. The summed E-state index contributed by atoms with van der Waals surface area (Å²) in [6.07, 6.45) is -15.0. The van der Waals surface area contributed by atoms with Gasteiger partial charge in [-0.25, -0.2) is 4.39 Å². The molecule has 0 spiro atoms. The highest BCUT2D eigenvalue weighted by Crippen LogP contribution is 2.31. The number of hydrogen-bond donors (Lipinski definition) is 10. The normalized spacial score (nSPS) is 53.7. The Morgan fingerprint density at radius 1 is 0.758 bits per heavy atom. The van der Waals surface area contributed by atoms with Crippen LogP contribution in [-0.2, 0) is 18.9 Å². The van der Waals surface area contributed by atoms with E-state index in [1.807, 2.05) is 0 Å². The van der Waals surface area contributed by atoms with Crippen LogP contribution in [0.2, 0.25) is 0 Å². The van der Waals surface area contributed by atoms with Gasteiger partial charge in [-0.15, -0.1) is 0 Å². The van der Waals surface area contributed by atoms with Gasteiger partial charge in [-0.1, -0.05) is 0 Å². The van der Waals surface area contributed by atoms with E-state index in [1.54, 1.807) is 0 Å². The van der Waals surface area contributed by atoms with E-state index in [0.29, 0.717) is 0 Å². The van der Waals surface area contributed by atoms with Gasteiger partial charge in [0.2, 0.25) is 0 Å². The van der Waals surface area contributed by atoms with E-state index >= 15 is 0 Å². The first kappa shape index (κ1) is 27.0. The van der Waals surface area contributed by atoms with Crippen LogP contribution in [0.15, 0.2) is 0 Å². The summed E-state index contributed by atoms with van der Waals surface area (Å²) in [6.45, 7) is -0.786. The molecule has 15 unspecified atom stereocenters. The highest BCUT2D eigenvalue weighted by atomic mass is 19.1. The molecule has 14 nitrogen and oxygen atoms in total. The van der Waals surface area contributed by atoms with Crippen LogP contribution in [0, 0.1) is 0 Å². The summed E-state index contributed by atoms with van der Waals surface area (Å²) in [5.41, 5.74) is 29.3. The number of hydrogen-bond acceptors (Lipinski definition) is 14. The number of aliphatic hydroxyl groups excluding tert-OH is 5. The monoisotopic (exact) mass is 485 g/mol. The molecular formula is C18H36FN5O9. The summed E-state index contributed by atoms with van der Waals surface area (Å²) in [6, 6.07) is -4.22. The summed E-state index contributed by atoms with van der Waals surface area (Å²) in [5, 5.41) is 50.5. The second-order valence-electron chi connectivity index (χ2n) is 8.83. The largest absolute Gasteiger partial charge is 0.394 e. The summed E-state index contributed by atoms with van der Waals surface area (Å²) in [7, 11) is 0. The smallest absolute Gasteiger partial charge is 0.186 e. The topological polar surface area (TPSA) is 268 Å². The molecule has 0 aromatic heterocycles. The van der Waals surface area contributed by atoms with Crippen molar-refractivity contribution in [2.24, 2.45) is 28.7 Å². The zero-order valence-electron chi connectivity index (χ0n) is 17.9. The highest BCUT2D eigenvalue weighted by molar-refractivity contribution is 5.01. The van der Waals surface area contributed by atoms with Crippen molar-refractivity contribution in [1.82, 2.24) is 0 Å². The maximum Gasteiger partial charge on any atom is 0.186 e. The Labute approximate surface area is 189 Å². The van der Waals surface area contributed by atoms with Gasteiger partial charge in [0.25, 0.3) is 0 Å². The third-order valence-corrected chi connectivity index (χ3v) is 6.51. The molecule has 3 rings (SSSR count). The Kier molecular flexibility index (Phi) is 8.96. The quantitative estimate of drug-likeness (QED) is 0.168. The van der Waals surface area contributed by atoms with Crippen LogP contribution in [0.3, 0.4) is 0 Å². The first-order chi connectivity index (χ1) is 15.5. The summed E-state index contributed by atoms with van der Waals surface area (Å²) in [4.78, 5) is 0. The van der Waals surface area contributed by atoms with Crippen molar-refractivity contribution in [2.75, 3.05) is 13.2 Å². The first-order valence-electron chi connectivity index (χ1n) is 10.8. The van der Waals surface area contributed by atoms with Crippen LogP contribution >= 0.6 is 0 Å². The lowest BCUT2D eigenvalue weighted by Crippen LogP contribution is -2.69. The molecule has 194 valence electrons. The number of nitrogens with two attached hydrogens (primary N) is 5. The molecule has 15 heteroatoms. The number of aliphatic hydroxyl groups is 5. The van der Waals surface area contributed by atoms with Crippen molar-refractivity contribution < 1.29 is 48.9 Å². The van der Waals surface area contributed by atoms with Gasteiger partial charge in [-0.3, -0.25) is 0 Å². The molecule has 33 heavy (non-hydrogen) atoms. The summed E-state index contributed by atoms with van der Waals surface area (Å²) < 4.78 is 36.7. The first-order valence-corrected chi connectivity index (χ1v) is 10.8. The van der Waals surface area contributed by atoms with Gasteiger partial charge >= 0.3 is 0 Å². The van der Waals surface area contributed by atoms with E-state index < -0.39 is 98.4 Å². The van der Waals surface area contributed by atoms with Crippen LogP contribution in [0.25, 0.3) is 0 Å². The Bertz CT molecular complexity index is 590. The third-order valence-electron chi connectivity index (χ3n) is 6.51. The van der Waals surface area contributed by atoms with Gasteiger partial charge < -0.3 is 73.1 Å². The van der Waals surface area contributed by atoms with Crippen molar-refractivity contribution in [2.45, 2.75) is 98.2 Å². The van der Waals surface area contributed by atoms with Gasteiger partial charge in [0.15, 0.2) is 12.6 Å². The minimum atomic E-state index is -1.89. The van der Waals surface area contributed by atoms with Gasteiger partial charge in [0, 0.05) is 18.6 Å². The predicted molar refractivity (Wildman–Crippen MR) is 109 cm³/mol. The molecule has 2 heterocycles. The Balaban J connectivity index is 1.72. The molecule has 1 aliphatic carbocycles. The number of halogens is 1. The lowest BCUT2D eigenvalue weighted by atomic mass is 9.84. The van der Waals surface area contributed by atoms with Gasteiger partial charge in [0.05, 0.1) is 18.7 Å². The van der Waals surface area contributed by atoms with Crippen molar-refractivity contribution in [3.63, 3.8) is 0 Å². The summed E-state index contributed by atoms with van der Waals surface area (Å²) in [5.74, 6) is 0. The molecule has 0 radical (unpaired) electrons. The minimum Gasteiger partial charge on any atom is -0.394 e. The van der Waals surface area contributed by atoms with Crippen molar-refractivity contribution >= 4 is 0 Å². The molecule has 0 aromatic carbocycles. The third kappa shape index (κ3) is 5.31. The van der Waals surface area contributed by atoms with E-state index in [0.717, 1.165) is 0 Å². The molecule has 0 aromatic rings. The Morgan fingerprint density at radius 3 is 1.85 bits per heavy atom. The standard InChI is InChI=1S/C18H36FN5O9/c19-8-9(23)17(30-6(2-20)11(8)26)32-15-4(21)1-5(22)16(14(15)29)33-18-13(28)10(24)12(27)7(3-25)31-18/h4-18,25-29H,1-3,20-24H2. The molecule has 15 atom stereocenters. The Hall–Kier alpha value is -0.630. The van der Waals surface area contributed by atoms with Crippen molar-refractivity contribution in [3.05, 3.63) is 0 Å². The molecule has 3 fully saturated rings. The predicted octanol–water partition coefficient (Wildman–Crippen LogP) is -6.35. The van der Waals surface area contributed by atoms with Crippen LogP contribution < -0.4 is 28.7 Å². The van der Waals surface area contributed by atoms with Gasteiger partial charge in [-0.05, 0) is 6.42 Å². The average molecular weight is 486 g/mol. The lowest BCUT2D eigenvalue weighted by molar-refractivity contribution is -0.317. The fraction of sp³-hybridized carbons (Fsp3) is 1.00. The van der Waals surface area contributed by atoms with E-state index in [4.69, 9.17) is 47.6 Å². The van der Waals surface area contributed by atoms with Crippen LogP contribution in [0.1, 0.15) is 6.42 Å². The number of ether oxygens (including phenoxy) is 4. The molecule has 0 amide bonds. The zero-order chi connectivity index (χ0) is 24.6. The maximum absolute atomic E-state index is 14.4. The van der Waals surface area contributed by atoms with E-state index in [-0.39, 0.29) is 13.0 Å². The molecule has 1 saturated carbocycles. The van der Waals surface area contributed by atoms with Crippen molar-refractivity contribution in [3.8, 4) is 0 Å². The lowest BCUT2D eigenvalue weighted by Gasteiger charge is -2.48. The molecule has 2 aliphatic heterocycles. The second-order valence-corrected chi connectivity index (χ2v) is 8.83. The Morgan fingerprint density at radius 2 is 1.30 bits per heavy atom. The maximum atomic E-state index is 14.4. The fourth-order valence-electron chi connectivity index (χ4n) is 4.42. The van der Waals surface area contributed by atoms with E-state index in [2.05, 4.69) is 0 Å². The van der Waals surface area contributed by atoms with Gasteiger partial charge in [-0.2, -0.15) is 0 Å². The van der Waals surface area contributed by atoms with Crippen LogP contribution in [-0.4, -0.2) is 130 Å². The molecule has 15 N–H and O–H groups in total. The van der Waals surface area contributed by atoms with E-state index in [9.17, 15) is 29.9 Å². The fourth-order valence-corrected chi connectivity index (χ4v) is 4.42. The van der Waals surface area contributed by atoms with E-state index in [1.165, 1.54) is 0 Å². The molecule has 0 bridgehead atoms. The summed E-state index contributed by atoms with van der Waals surface area (Å²) >= 11 is 0. The minimum absolute atomic E-state index is 0.0945. The highest BCUT2D eigenvalue weighted by Gasteiger charge is 2.51. The van der Waals surface area contributed by atoms with Crippen LogP contribution in [0.4, 0.5) is 4.39 Å². The average Bonchev–Trinajstić information content (AvgIpc) is 2.79. The molecular weight excluding hydrogens is 449 g/mol. The van der Waals surface area contributed by atoms with Crippen molar-refractivity contribution in [1.29, 1.82) is 0 Å². The molecule has 3 aliphatic rings. The van der Waals surface area contributed by atoms with Crippen LogP contribution in [0.5, 0.6) is 0 Å². The molecule has 2 saturated heterocycles. The SMILES string of the molecule is NCC1OC(OC2C(N)CC(N)C(OC3OC(CO)C(O)C(N)C3O)C2O)C(N)C(F)C1O.